The number of carbonyl (C=O) groups is 2. The van der Waals surface area contributed by atoms with E-state index in [0.29, 0.717) is 24.3 Å². The Morgan fingerprint density at radius 3 is 2.65 bits per heavy atom. The van der Waals surface area contributed by atoms with Crippen LogP contribution in [0.5, 0.6) is 5.75 Å². The largest absolute Gasteiger partial charge is 0.497 e. The van der Waals surface area contributed by atoms with Crippen LogP contribution >= 0.6 is 0 Å². The van der Waals surface area contributed by atoms with Gasteiger partial charge in [-0.15, -0.1) is 0 Å². The van der Waals surface area contributed by atoms with Crippen molar-refractivity contribution in [2.75, 3.05) is 13.7 Å². The molecule has 1 aliphatic heterocycles. The molecule has 90 valence electrons. The average Bonchev–Trinajstić information content (AvgIpc) is 2.75. The van der Waals surface area contributed by atoms with Crippen molar-refractivity contribution < 1.29 is 19.1 Å². The number of amides is 1. The molecular formula is C12H13NO4. The number of cyclic esters (lactones) is 1. The van der Waals surface area contributed by atoms with Crippen molar-refractivity contribution in [3.8, 4) is 5.75 Å². The highest BCUT2D eigenvalue weighted by Crippen LogP contribution is 2.12. The van der Waals surface area contributed by atoms with E-state index in [9.17, 15) is 9.59 Å². The van der Waals surface area contributed by atoms with Gasteiger partial charge in [0.2, 0.25) is 0 Å². The maximum atomic E-state index is 11.8. The van der Waals surface area contributed by atoms with Gasteiger partial charge in [0.05, 0.1) is 13.7 Å². The second-order valence-corrected chi connectivity index (χ2v) is 3.71. The molecule has 0 bridgehead atoms. The van der Waals surface area contributed by atoms with E-state index in [1.165, 1.54) is 0 Å². The highest BCUT2D eigenvalue weighted by molar-refractivity contribution is 5.97. The van der Waals surface area contributed by atoms with Crippen molar-refractivity contribution >= 4 is 11.9 Å². The van der Waals surface area contributed by atoms with Crippen LogP contribution in [-0.2, 0) is 9.53 Å². The number of carbonyl (C=O) groups excluding carboxylic acids is 2. The number of hydrogen-bond donors (Lipinski definition) is 1. The lowest BCUT2D eigenvalue weighted by atomic mass is 10.2. The van der Waals surface area contributed by atoms with Crippen LogP contribution in [-0.4, -0.2) is 31.6 Å². The molecule has 1 saturated heterocycles. The number of hydrogen-bond acceptors (Lipinski definition) is 4. The van der Waals surface area contributed by atoms with Crippen molar-refractivity contribution in [3.63, 3.8) is 0 Å². The van der Waals surface area contributed by atoms with E-state index < -0.39 is 6.04 Å². The van der Waals surface area contributed by atoms with E-state index in [1.54, 1.807) is 31.4 Å². The molecule has 0 radical (unpaired) electrons. The summed E-state index contributed by atoms with van der Waals surface area (Å²) < 4.78 is 9.76. The predicted octanol–water partition coefficient (Wildman–Crippen LogP) is 0.740. The molecule has 0 saturated carbocycles. The maximum absolute atomic E-state index is 11.8. The first kappa shape index (κ1) is 11.4. The minimum atomic E-state index is -0.524. The van der Waals surface area contributed by atoms with Gasteiger partial charge in [-0.3, -0.25) is 4.79 Å². The fraction of sp³-hybridized carbons (Fsp3) is 0.333. The van der Waals surface area contributed by atoms with Gasteiger partial charge in [-0.25, -0.2) is 4.79 Å². The summed E-state index contributed by atoms with van der Waals surface area (Å²) in [6.07, 6.45) is 0.529. The Hall–Kier alpha value is -2.04. The third-order valence-electron chi connectivity index (χ3n) is 2.59. The summed E-state index contributed by atoms with van der Waals surface area (Å²) >= 11 is 0. The Morgan fingerprint density at radius 2 is 2.12 bits per heavy atom. The zero-order valence-electron chi connectivity index (χ0n) is 9.43. The standard InChI is InChI=1S/C12H13NO4/c1-16-9-4-2-8(3-5-9)11(14)13-10-6-7-17-12(10)15/h2-5,10H,6-7H2,1H3,(H,13,14). The molecule has 17 heavy (non-hydrogen) atoms. The van der Waals surface area contributed by atoms with Gasteiger partial charge in [-0.1, -0.05) is 0 Å². The highest BCUT2D eigenvalue weighted by Gasteiger charge is 2.28. The van der Waals surface area contributed by atoms with Crippen molar-refractivity contribution in [1.29, 1.82) is 0 Å². The van der Waals surface area contributed by atoms with Gasteiger partial charge in [0.25, 0.3) is 5.91 Å². The third-order valence-corrected chi connectivity index (χ3v) is 2.59. The van der Waals surface area contributed by atoms with Gasteiger partial charge < -0.3 is 14.8 Å². The lowest BCUT2D eigenvalue weighted by molar-refractivity contribution is -0.139. The zero-order chi connectivity index (χ0) is 12.3. The summed E-state index contributed by atoms with van der Waals surface area (Å²) in [5, 5.41) is 2.63. The van der Waals surface area contributed by atoms with E-state index in [4.69, 9.17) is 9.47 Å². The Labute approximate surface area is 98.7 Å². The lowest BCUT2D eigenvalue weighted by Gasteiger charge is -2.09. The summed E-state index contributed by atoms with van der Waals surface area (Å²) in [5.74, 6) is 0.0326. The maximum Gasteiger partial charge on any atom is 0.328 e. The van der Waals surface area contributed by atoms with Gasteiger partial charge in [-0.2, -0.15) is 0 Å². The molecule has 0 spiro atoms. The lowest BCUT2D eigenvalue weighted by Crippen LogP contribution is -2.37. The summed E-state index contributed by atoms with van der Waals surface area (Å²) in [5.41, 5.74) is 0.491. The summed E-state index contributed by atoms with van der Waals surface area (Å²) in [6.45, 7) is 0.367. The molecule has 1 aliphatic rings. The van der Waals surface area contributed by atoms with Gasteiger partial charge in [-0.05, 0) is 24.3 Å². The van der Waals surface area contributed by atoms with E-state index in [-0.39, 0.29) is 11.9 Å². The number of methoxy groups -OCH3 is 1. The summed E-state index contributed by atoms with van der Waals surface area (Å²) in [6, 6.07) is 6.16. The third kappa shape index (κ3) is 2.55. The molecule has 1 N–H and O–H groups in total. The topological polar surface area (TPSA) is 64.6 Å². The second-order valence-electron chi connectivity index (χ2n) is 3.71. The SMILES string of the molecule is COc1ccc(C(=O)NC2CCOC2=O)cc1. The summed E-state index contributed by atoms with van der Waals surface area (Å²) in [7, 11) is 1.56. The van der Waals surface area contributed by atoms with Crippen LogP contribution in [0, 0.1) is 0 Å². The minimum Gasteiger partial charge on any atom is -0.497 e. The molecule has 1 heterocycles. The molecule has 1 amide bonds. The fourth-order valence-corrected chi connectivity index (χ4v) is 1.61. The van der Waals surface area contributed by atoms with Crippen LogP contribution in [0.25, 0.3) is 0 Å². The zero-order valence-corrected chi connectivity index (χ0v) is 9.43. The average molecular weight is 235 g/mol. The van der Waals surface area contributed by atoms with Crippen molar-refractivity contribution in [2.45, 2.75) is 12.5 Å². The number of esters is 1. The first-order valence-corrected chi connectivity index (χ1v) is 5.32. The monoisotopic (exact) mass is 235 g/mol. The number of nitrogens with one attached hydrogen (secondary N) is 1. The molecule has 0 aliphatic carbocycles. The Morgan fingerprint density at radius 1 is 1.41 bits per heavy atom. The Kier molecular flexibility index (Phi) is 3.27. The van der Waals surface area contributed by atoms with Gasteiger partial charge in [0.15, 0.2) is 0 Å². The molecular weight excluding hydrogens is 222 g/mol. The minimum absolute atomic E-state index is 0.281. The molecule has 2 rings (SSSR count). The van der Waals surface area contributed by atoms with Crippen LogP contribution in [0.3, 0.4) is 0 Å². The van der Waals surface area contributed by atoms with Gasteiger partial charge in [0.1, 0.15) is 11.8 Å². The quantitative estimate of drug-likeness (QED) is 0.785. The van der Waals surface area contributed by atoms with Crippen molar-refractivity contribution in [2.24, 2.45) is 0 Å². The molecule has 1 unspecified atom stereocenters. The van der Waals surface area contributed by atoms with Crippen LogP contribution in [0.15, 0.2) is 24.3 Å². The van der Waals surface area contributed by atoms with Crippen molar-refractivity contribution in [3.05, 3.63) is 29.8 Å². The number of benzene rings is 1. The van der Waals surface area contributed by atoms with E-state index >= 15 is 0 Å². The van der Waals surface area contributed by atoms with Crippen LogP contribution in [0.1, 0.15) is 16.8 Å². The number of ether oxygens (including phenoxy) is 2. The molecule has 1 fully saturated rings. The first-order valence-electron chi connectivity index (χ1n) is 5.32. The van der Waals surface area contributed by atoms with Crippen LogP contribution in [0.4, 0.5) is 0 Å². The highest BCUT2D eigenvalue weighted by atomic mass is 16.5. The van der Waals surface area contributed by atoms with E-state index in [0.717, 1.165) is 0 Å². The summed E-state index contributed by atoms with van der Waals surface area (Å²) in [4.78, 5) is 23.0. The molecule has 0 aromatic heterocycles. The van der Waals surface area contributed by atoms with Gasteiger partial charge >= 0.3 is 5.97 Å². The van der Waals surface area contributed by atoms with Gasteiger partial charge in [0, 0.05) is 12.0 Å². The molecule has 1 atom stereocenters. The van der Waals surface area contributed by atoms with E-state index in [2.05, 4.69) is 5.32 Å². The Balaban J connectivity index is 2.01. The van der Waals surface area contributed by atoms with Crippen molar-refractivity contribution in [1.82, 2.24) is 5.32 Å². The fourth-order valence-electron chi connectivity index (χ4n) is 1.61. The molecule has 1 aromatic carbocycles. The smallest absolute Gasteiger partial charge is 0.328 e. The molecule has 1 aromatic rings. The predicted molar refractivity (Wildman–Crippen MR) is 59.8 cm³/mol. The molecule has 5 nitrogen and oxygen atoms in total. The van der Waals surface area contributed by atoms with Crippen LogP contribution in [0.2, 0.25) is 0 Å². The number of rotatable bonds is 3. The first-order chi connectivity index (χ1) is 8.20. The second kappa shape index (κ2) is 4.86. The molecule has 5 heteroatoms. The van der Waals surface area contributed by atoms with Crippen LogP contribution < -0.4 is 10.1 Å². The van der Waals surface area contributed by atoms with E-state index in [1.807, 2.05) is 0 Å². The normalized spacial score (nSPS) is 18.6. The Bertz CT molecular complexity index is 427.